The van der Waals surface area contributed by atoms with Gasteiger partial charge >= 0.3 is 0 Å². The minimum atomic E-state index is -3.61. The highest BCUT2D eigenvalue weighted by molar-refractivity contribution is 9.12. The predicted molar refractivity (Wildman–Crippen MR) is 83.9 cm³/mol. The Morgan fingerprint density at radius 2 is 2.17 bits per heavy atom. The molecule has 1 rings (SSSR count). The third-order valence-corrected chi connectivity index (χ3v) is 7.08. The minimum absolute atomic E-state index is 0.0178. The van der Waals surface area contributed by atoms with Crippen molar-refractivity contribution < 1.29 is 13.5 Å². The lowest BCUT2D eigenvalue weighted by molar-refractivity contribution is 0.0908. The molecule has 0 saturated carbocycles. The summed E-state index contributed by atoms with van der Waals surface area (Å²) in [4.78, 5) is 0.180. The minimum Gasteiger partial charge on any atom is -0.388 e. The summed E-state index contributed by atoms with van der Waals surface area (Å²) in [5.74, 6) is 0.462. The number of thiophene rings is 1. The van der Waals surface area contributed by atoms with Crippen molar-refractivity contribution in [2.45, 2.75) is 17.4 Å². The van der Waals surface area contributed by atoms with Crippen LogP contribution in [0.15, 0.2) is 18.5 Å². The summed E-state index contributed by atoms with van der Waals surface area (Å²) in [6.45, 7) is 1.58. The number of nitrogens with one attached hydrogen (secondary N) is 1. The van der Waals surface area contributed by atoms with Crippen molar-refractivity contribution in [1.29, 1.82) is 0 Å². The van der Waals surface area contributed by atoms with E-state index in [2.05, 4.69) is 36.6 Å². The van der Waals surface area contributed by atoms with Gasteiger partial charge in [0.05, 0.1) is 13.2 Å². The van der Waals surface area contributed by atoms with Gasteiger partial charge in [0.25, 0.3) is 0 Å². The molecule has 0 aromatic carbocycles. The van der Waals surface area contributed by atoms with Crippen LogP contribution in [0.5, 0.6) is 0 Å². The molecule has 0 spiro atoms. The second-order valence-electron chi connectivity index (χ2n) is 3.94. The molecule has 2 N–H and O–H groups in total. The van der Waals surface area contributed by atoms with E-state index in [4.69, 9.17) is 0 Å². The van der Waals surface area contributed by atoms with E-state index in [1.807, 2.05) is 6.26 Å². The summed E-state index contributed by atoms with van der Waals surface area (Å²) in [6, 6.07) is 1.53. The highest BCUT2D eigenvalue weighted by Crippen LogP contribution is 2.34. The predicted octanol–water partition coefficient (Wildman–Crippen LogP) is 2.67. The van der Waals surface area contributed by atoms with Crippen molar-refractivity contribution >= 4 is 65.0 Å². The third kappa shape index (κ3) is 4.77. The van der Waals surface area contributed by atoms with Crippen LogP contribution in [0.4, 0.5) is 0 Å². The number of rotatable bonds is 6. The summed E-state index contributed by atoms with van der Waals surface area (Å²) in [6.07, 6.45) is 1.86. The van der Waals surface area contributed by atoms with Gasteiger partial charge in [0, 0.05) is 12.3 Å². The van der Waals surface area contributed by atoms with Gasteiger partial charge in [0.1, 0.15) is 4.90 Å². The fraction of sp³-hybridized carbons (Fsp3) is 0.556. The summed E-state index contributed by atoms with van der Waals surface area (Å²) < 4.78 is 27.8. The van der Waals surface area contributed by atoms with Crippen molar-refractivity contribution in [3.05, 3.63) is 13.6 Å². The Kier molecular flexibility index (Phi) is 6.17. The van der Waals surface area contributed by atoms with E-state index < -0.39 is 15.6 Å². The summed E-state index contributed by atoms with van der Waals surface area (Å²) in [5, 5.41) is 9.93. The number of aliphatic hydroxyl groups is 1. The average molecular weight is 439 g/mol. The molecule has 0 aliphatic heterocycles. The Balaban J connectivity index is 2.81. The number of sulfonamides is 1. The molecule has 0 aliphatic carbocycles. The molecule has 18 heavy (non-hydrogen) atoms. The van der Waals surface area contributed by atoms with Crippen LogP contribution in [0.2, 0.25) is 0 Å². The van der Waals surface area contributed by atoms with E-state index in [1.165, 1.54) is 29.2 Å². The second-order valence-corrected chi connectivity index (χ2v) is 10.3. The molecule has 4 nitrogen and oxygen atoms in total. The molecular formula is C9H13Br2NO3S3. The standard InChI is InChI=1S/C9H13Br2NO3S3/c1-9(13,5-16-2)4-12-18(14,15)6-3-7(10)17-8(6)11/h3,12-13H,4-5H2,1-2H3. The van der Waals surface area contributed by atoms with Crippen molar-refractivity contribution in [3.63, 3.8) is 0 Å². The first kappa shape index (κ1) is 16.9. The monoisotopic (exact) mass is 437 g/mol. The van der Waals surface area contributed by atoms with Crippen molar-refractivity contribution in [2.75, 3.05) is 18.6 Å². The van der Waals surface area contributed by atoms with Gasteiger partial charge in [-0.1, -0.05) is 0 Å². The van der Waals surface area contributed by atoms with Crippen LogP contribution in [-0.2, 0) is 10.0 Å². The quantitative estimate of drug-likeness (QED) is 0.716. The second kappa shape index (κ2) is 6.55. The molecule has 1 unspecified atom stereocenters. The summed E-state index contributed by atoms with van der Waals surface area (Å²) >= 11 is 9.19. The molecule has 0 aliphatic rings. The maximum Gasteiger partial charge on any atom is 0.242 e. The molecule has 0 bridgehead atoms. The molecule has 9 heteroatoms. The molecule has 0 radical (unpaired) electrons. The molecule has 1 heterocycles. The molecule has 104 valence electrons. The van der Waals surface area contributed by atoms with Crippen LogP contribution < -0.4 is 4.72 Å². The zero-order valence-corrected chi connectivity index (χ0v) is 15.4. The number of hydrogen-bond acceptors (Lipinski definition) is 5. The van der Waals surface area contributed by atoms with Crippen LogP contribution in [0.25, 0.3) is 0 Å². The van der Waals surface area contributed by atoms with Gasteiger partial charge in [0.2, 0.25) is 10.0 Å². The van der Waals surface area contributed by atoms with Crippen LogP contribution in [0.3, 0.4) is 0 Å². The molecule has 0 saturated heterocycles. The number of halogens is 2. The lowest BCUT2D eigenvalue weighted by atomic mass is 10.1. The first-order chi connectivity index (χ1) is 8.18. The molecule has 1 aromatic rings. The van der Waals surface area contributed by atoms with E-state index in [0.717, 1.165) is 3.79 Å². The van der Waals surface area contributed by atoms with Crippen molar-refractivity contribution in [2.24, 2.45) is 0 Å². The van der Waals surface area contributed by atoms with Crippen molar-refractivity contribution in [1.82, 2.24) is 4.72 Å². The summed E-state index contributed by atoms with van der Waals surface area (Å²) in [7, 11) is -3.61. The lowest BCUT2D eigenvalue weighted by Crippen LogP contribution is -2.42. The summed E-state index contributed by atoms with van der Waals surface area (Å²) in [5.41, 5.74) is -1.06. The molecule has 0 fully saturated rings. The van der Waals surface area contributed by atoms with Crippen LogP contribution in [-0.4, -0.2) is 37.7 Å². The van der Waals surface area contributed by atoms with Crippen LogP contribution in [0, 0.1) is 0 Å². The Bertz CT molecular complexity index is 513. The Morgan fingerprint density at radius 3 is 2.61 bits per heavy atom. The van der Waals surface area contributed by atoms with E-state index >= 15 is 0 Å². The Hall–Kier alpha value is 0.880. The third-order valence-electron chi connectivity index (χ3n) is 2.01. The van der Waals surface area contributed by atoms with E-state index in [1.54, 1.807) is 6.92 Å². The molecule has 1 atom stereocenters. The fourth-order valence-corrected chi connectivity index (χ4v) is 6.89. The first-order valence-electron chi connectivity index (χ1n) is 4.84. The van der Waals surface area contributed by atoms with Crippen LogP contribution >= 0.6 is 55.0 Å². The van der Waals surface area contributed by atoms with Gasteiger partial charge in [0.15, 0.2) is 0 Å². The largest absolute Gasteiger partial charge is 0.388 e. The van der Waals surface area contributed by atoms with Gasteiger partial charge < -0.3 is 5.11 Å². The van der Waals surface area contributed by atoms with E-state index in [0.29, 0.717) is 9.54 Å². The van der Waals surface area contributed by atoms with Gasteiger partial charge in [-0.25, -0.2) is 13.1 Å². The van der Waals surface area contributed by atoms with Gasteiger partial charge in [-0.15, -0.1) is 11.3 Å². The zero-order valence-electron chi connectivity index (χ0n) is 9.74. The SMILES string of the molecule is CSCC(C)(O)CNS(=O)(=O)c1cc(Br)sc1Br. The van der Waals surface area contributed by atoms with E-state index in [-0.39, 0.29) is 11.4 Å². The first-order valence-corrected chi connectivity index (χ1v) is 10.1. The Morgan fingerprint density at radius 1 is 1.56 bits per heavy atom. The maximum absolute atomic E-state index is 12.0. The highest BCUT2D eigenvalue weighted by atomic mass is 79.9. The van der Waals surface area contributed by atoms with Crippen molar-refractivity contribution in [3.8, 4) is 0 Å². The van der Waals surface area contributed by atoms with Gasteiger partial charge in [-0.2, -0.15) is 11.8 Å². The molecular weight excluding hydrogens is 426 g/mol. The van der Waals surface area contributed by atoms with E-state index in [9.17, 15) is 13.5 Å². The van der Waals surface area contributed by atoms with Gasteiger partial charge in [-0.05, 0) is 51.1 Å². The Labute approximate surface area is 132 Å². The maximum atomic E-state index is 12.0. The average Bonchev–Trinajstić information content (AvgIpc) is 2.56. The topological polar surface area (TPSA) is 66.4 Å². The number of hydrogen-bond donors (Lipinski definition) is 2. The highest BCUT2D eigenvalue weighted by Gasteiger charge is 2.26. The normalized spacial score (nSPS) is 15.6. The lowest BCUT2D eigenvalue weighted by Gasteiger charge is -2.22. The van der Waals surface area contributed by atoms with Crippen LogP contribution in [0.1, 0.15) is 6.92 Å². The fourth-order valence-electron chi connectivity index (χ4n) is 1.20. The van der Waals surface area contributed by atoms with Gasteiger partial charge in [-0.3, -0.25) is 0 Å². The number of thioether (sulfide) groups is 1. The molecule has 0 amide bonds. The zero-order chi connectivity index (χ0) is 14.0. The smallest absolute Gasteiger partial charge is 0.242 e. The molecule has 1 aromatic heterocycles.